The van der Waals surface area contributed by atoms with Crippen molar-refractivity contribution in [1.82, 2.24) is 0 Å². The van der Waals surface area contributed by atoms with Crippen LogP contribution < -0.4 is 15.2 Å². The first-order valence-electron chi connectivity index (χ1n) is 9.14. The molecule has 0 fully saturated rings. The third kappa shape index (κ3) is 4.11. The van der Waals surface area contributed by atoms with E-state index in [0.29, 0.717) is 22.4 Å². The van der Waals surface area contributed by atoms with Crippen molar-refractivity contribution in [2.75, 3.05) is 0 Å². The first-order valence-corrected chi connectivity index (χ1v) is 9.89. The number of aromatic hydroxyl groups is 1. The minimum Gasteiger partial charge on any atom is -0.508 e. The number of phenolic OH excluding ortho intramolecular Hbond substituents is 1. The summed E-state index contributed by atoms with van der Waals surface area (Å²) in [6.45, 7) is 0.0756. The molecule has 3 aromatic rings. The zero-order chi connectivity index (χ0) is 22.1. The quantitative estimate of drug-likeness (QED) is 0.530. The van der Waals surface area contributed by atoms with E-state index in [9.17, 15) is 14.8 Å². The number of rotatable bonds is 4. The summed E-state index contributed by atoms with van der Waals surface area (Å²) in [6.07, 6.45) is 0. The van der Waals surface area contributed by atoms with E-state index in [1.807, 2.05) is 0 Å². The van der Waals surface area contributed by atoms with Crippen molar-refractivity contribution in [3.05, 3.63) is 98.6 Å². The van der Waals surface area contributed by atoms with Crippen molar-refractivity contribution in [2.24, 2.45) is 5.73 Å². The van der Waals surface area contributed by atoms with E-state index < -0.39 is 5.92 Å². The first-order chi connectivity index (χ1) is 14.9. The number of phenols is 1. The molecule has 0 bridgehead atoms. The van der Waals surface area contributed by atoms with Gasteiger partial charge in [-0.3, -0.25) is 0 Å². The highest BCUT2D eigenvalue weighted by molar-refractivity contribution is 6.37. The fraction of sp³-hybridized carbons (Fsp3) is 0.0870. The van der Waals surface area contributed by atoms with Crippen molar-refractivity contribution in [2.45, 2.75) is 12.5 Å². The van der Waals surface area contributed by atoms with Gasteiger partial charge in [0.15, 0.2) is 5.75 Å². The van der Waals surface area contributed by atoms with Crippen molar-refractivity contribution < 1.29 is 19.0 Å². The van der Waals surface area contributed by atoms with E-state index in [2.05, 4.69) is 6.07 Å². The maximum atomic E-state index is 13.4. The highest BCUT2D eigenvalue weighted by Gasteiger charge is 2.31. The summed E-state index contributed by atoms with van der Waals surface area (Å²) >= 11 is 12.9. The number of allylic oxidation sites excluding steroid dienone is 1. The molecule has 0 radical (unpaired) electrons. The van der Waals surface area contributed by atoms with Crippen LogP contribution in [0, 0.1) is 17.1 Å². The molecule has 8 heteroatoms. The fourth-order valence-corrected chi connectivity index (χ4v) is 4.07. The fourth-order valence-electron chi connectivity index (χ4n) is 3.45. The minimum atomic E-state index is -0.596. The summed E-state index contributed by atoms with van der Waals surface area (Å²) in [4.78, 5) is 0. The van der Waals surface area contributed by atoms with Gasteiger partial charge in [0.2, 0.25) is 5.88 Å². The number of nitrogens with zero attached hydrogens (tertiary/aromatic N) is 1. The lowest BCUT2D eigenvalue weighted by Gasteiger charge is -2.27. The van der Waals surface area contributed by atoms with E-state index in [-0.39, 0.29) is 45.4 Å². The van der Waals surface area contributed by atoms with Gasteiger partial charge in [-0.05, 0) is 41.5 Å². The lowest BCUT2D eigenvalue weighted by atomic mass is 9.83. The Bertz CT molecular complexity index is 1230. The molecule has 1 aliphatic heterocycles. The van der Waals surface area contributed by atoms with Crippen LogP contribution in [0.3, 0.4) is 0 Å². The van der Waals surface area contributed by atoms with Gasteiger partial charge < -0.3 is 20.3 Å². The molecular formula is C23H15Cl2FN2O3. The van der Waals surface area contributed by atoms with Gasteiger partial charge in [-0.15, -0.1) is 0 Å². The van der Waals surface area contributed by atoms with Gasteiger partial charge >= 0.3 is 0 Å². The van der Waals surface area contributed by atoms with Crippen molar-refractivity contribution in [3.63, 3.8) is 0 Å². The Morgan fingerprint density at radius 2 is 1.87 bits per heavy atom. The Hall–Kier alpha value is -3.40. The molecule has 0 amide bonds. The van der Waals surface area contributed by atoms with Crippen molar-refractivity contribution in [3.8, 4) is 23.3 Å². The van der Waals surface area contributed by atoms with Crippen LogP contribution in [0.25, 0.3) is 0 Å². The number of fused-ring (bicyclic) bond motifs is 1. The van der Waals surface area contributed by atoms with Crippen LogP contribution in [0.1, 0.15) is 22.6 Å². The van der Waals surface area contributed by atoms with Crippen LogP contribution in [-0.2, 0) is 6.61 Å². The Labute approximate surface area is 187 Å². The SMILES string of the molecule is N#CC1=C(N)Oc2cc(O)ccc2[C@H]1c1cc(Cl)c(OCc2cccc(F)c2)c(Cl)c1. The van der Waals surface area contributed by atoms with Crippen LogP contribution in [0.15, 0.2) is 66.1 Å². The Morgan fingerprint density at radius 3 is 2.55 bits per heavy atom. The van der Waals surface area contributed by atoms with Crippen LogP contribution in [0.5, 0.6) is 17.2 Å². The first kappa shape index (κ1) is 20.9. The smallest absolute Gasteiger partial charge is 0.205 e. The minimum absolute atomic E-state index is 0.00266. The summed E-state index contributed by atoms with van der Waals surface area (Å²) < 4.78 is 24.6. The normalized spacial score (nSPS) is 15.1. The van der Waals surface area contributed by atoms with Gasteiger partial charge in [0.1, 0.15) is 35.6 Å². The van der Waals surface area contributed by atoms with Gasteiger partial charge in [-0.1, -0.05) is 41.4 Å². The van der Waals surface area contributed by atoms with E-state index in [1.54, 1.807) is 30.3 Å². The van der Waals surface area contributed by atoms with Gasteiger partial charge in [-0.25, -0.2) is 4.39 Å². The molecular weight excluding hydrogens is 442 g/mol. The van der Waals surface area contributed by atoms with E-state index >= 15 is 0 Å². The molecule has 31 heavy (non-hydrogen) atoms. The highest BCUT2D eigenvalue weighted by Crippen LogP contribution is 2.46. The second-order valence-corrected chi connectivity index (χ2v) is 7.69. The van der Waals surface area contributed by atoms with Crippen LogP contribution in [0.2, 0.25) is 10.0 Å². The lowest BCUT2D eigenvalue weighted by Crippen LogP contribution is -2.21. The number of hydrogen-bond donors (Lipinski definition) is 2. The zero-order valence-electron chi connectivity index (χ0n) is 15.9. The van der Waals surface area contributed by atoms with Gasteiger partial charge in [-0.2, -0.15) is 5.26 Å². The van der Waals surface area contributed by atoms with E-state index in [0.717, 1.165) is 0 Å². The second kappa shape index (κ2) is 8.38. The number of ether oxygens (including phenoxy) is 2. The monoisotopic (exact) mass is 456 g/mol. The molecule has 0 saturated carbocycles. The third-order valence-electron chi connectivity index (χ3n) is 4.83. The predicted molar refractivity (Wildman–Crippen MR) is 115 cm³/mol. The molecule has 1 aliphatic rings. The molecule has 0 aromatic heterocycles. The largest absolute Gasteiger partial charge is 0.508 e. The molecule has 0 unspecified atom stereocenters. The molecule has 3 N–H and O–H groups in total. The standard InChI is InChI=1S/C23H15Cl2FN2O3/c24-18-7-13(8-19(25)22(18)30-11-12-2-1-3-14(26)6-12)21-16-5-4-15(29)9-20(16)31-23(28)17(21)10-27/h1-9,21,29H,11,28H2/t21-/m1/s1. The van der Waals surface area contributed by atoms with E-state index in [4.69, 9.17) is 38.4 Å². The molecule has 1 atom stereocenters. The van der Waals surface area contributed by atoms with Crippen LogP contribution >= 0.6 is 23.2 Å². The molecule has 0 aliphatic carbocycles. The summed E-state index contributed by atoms with van der Waals surface area (Å²) in [6, 6.07) is 15.9. The maximum absolute atomic E-state index is 13.4. The molecule has 3 aromatic carbocycles. The van der Waals surface area contributed by atoms with Gasteiger partial charge in [0.05, 0.1) is 16.0 Å². The summed E-state index contributed by atoms with van der Waals surface area (Å²) in [5.41, 5.74) is 7.99. The van der Waals surface area contributed by atoms with Crippen molar-refractivity contribution >= 4 is 23.2 Å². The molecule has 156 valence electrons. The predicted octanol–water partition coefficient (Wildman–Crippen LogP) is 5.64. The third-order valence-corrected chi connectivity index (χ3v) is 5.39. The van der Waals surface area contributed by atoms with E-state index in [1.165, 1.54) is 24.3 Å². The van der Waals surface area contributed by atoms with Gasteiger partial charge in [0.25, 0.3) is 0 Å². The maximum Gasteiger partial charge on any atom is 0.205 e. The number of benzene rings is 3. The molecule has 0 spiro atoms. The topological polar surface area (TPSA) is 88.5 Å². The summed E-state index contributed by atoms with van der Waals surface area (Å²) in [7, 11) is 0. The summed E-state index contributed by atoms with van der Waals surface area (Å²) in [5, 5.41) is 19.9. The Morgan fingerprint density at radius 1 is 1.13 bits per heavy atom. The molecule has 0 saturated heterocycles. The Kier molecular flexibility index (Phi) is 5.64. The molecule has 5 nitrogen and oxygen atoms in total. The number of halogens is 3. The number of nitrogens with two attached hydrogens (primary N) is 1. The lowest BCUT2D eigenvalue weighted by molar-refractivity contribution is 0.306. The summed E-state index contributed by atoms with van der Waals surface area (Å²) in [5.74, 6) is -0.454. The number of hydrogen-bond acceptors (Lipinski definition) is 5. The zero-order valence-corrected chi connectivity index (χ0v) is 17.4. The molecule has 1 heterocycles. The average molecular weight is 457 g/mol. The average Bonchev–Trinajstić information content (AvgIpc) is 2.72. The van der Waals surface area contributed by atoms with Crippen molar-refractivity contribution in [1.29, 1.82) is 5.26 Å². The van der Waals surface area contributed by atoms with Gasteiger partial charge in [0, 0.05) is 11.6 Å². The Balaban J connectivity index is 1.71. The van der Waals surface area contributed by atoms with Crippen LogP contribution in [-0.4, -0.2) is 5.11 Å². The second-order valence-electron chi connectivity index (χ2n) is 6.88. The highest BCUT2D eigenvalue weighted by atomic mass is 35.5. The van der Waals surface area contributed by atoms with Crippen LogP contribution in [0.4, 0.5) is 4.39 Å². The number of nitriles is 1. The molecule has 4 rings (SSSR count).